The number of rotatable bonds is 2. The van der Waals surface area contributed by atoms with E-state index in [-0.39, 0.29) is 5.91 Å². The Morgan fingerprint density at radius 2 is 1.76 bits per heavy atom. The molecule has 3 aromatic rings. The zero-order valence-electron chi connectivity index (χ0n) is 10.4. The van der Waals surface area contributed by atoms with Gasteiger partial charge in [0, 0.05) is 15.6 Å². The molecule has 106 valence electrons. The third kappa shape index (κ3) is 3.14. The number of aromatic nitrogens is 1. The minimum atomic E-state index is -0.257. The molecule has 0 aliphatic carbocycles. The van der Waals surface area contributed by atoms with E-state index in [0.29, 0.717) is 31.3 Å². The molecule has 0 aliphatic heterocycles. The number of hydrogen-bond acceptors (Lipinski definition) is 3. The summed E-state index contributed by atoms with van der Waals surface area (Å²) in [6.07, 6.45) is 0. The SMILES string of the molecule is O=C(Nc1nc2c(Cl)cc(Cl)cc2s1)c1ccc(Cl)cc1. The predicted molar refractivity (Wildman–Crippen MR) is 89.0 cm³/mol. The fraction of sp³-hybridized carbons (Fsp3) is 0. The van der Waals surface area contributed by atoms with Gasteiger partial charge in [-0.25, -0.2) is 4.98 Å². The van der Waals surface area contributed by atoms with Crippen molar-refractivity contribution in [3.05, 3.63) is 57.0 Å². The molecule has 1 amide bonds. The predicted octanol–water partition coefficient (Wildman–Crippen LogP) is 5.51. The zero-order valence-corrected chi connectivity index (χ0v) is 13.4. The first kappa shape index (κ1) is 14.6. The summed E-state index contributed by atoms with van der Waals surface area (Å²) in [6.45, 7) is 0. The van der Waals surface area contributed by atoms with Crippen molar-refractivity contribution in [2.75, 3.05) is 5.32 Å². The summed E-state index contributed by atoms with van der Waals surface area (Å²) in [7, 11) is 0. The number of nitrogens with one attached hydrogen (secondary N) is 1. The summed E-state index contributed by atoms with van der Waals surface area (Å²) in [6, 6.07) is 9.99. The van der Waals surface area contributed by atoms with Crippen LogP contribution in [-0.4, -0.2) is 10.9 Å². The van der Waals surface area contributed by atoms with Gasteiger partial charge in [-0.1, -0.05) is 46.1 Å². The number of fused-ring (bicyclic) bond motifs is 1. The highest BCUT2D eigenvalue weighted by Crippen LogP contribution is 2.33. The van der Waals surface area contributed by atoms with Crippen LogP contribution in [0, 0.1) is 0 Å². The largest absolute Gasteiger partial charge is 0.298 e. The molecule has 1 N–H and O–H groups in total. The van der Waals surface area contributed by atoms with Crippen LogP contribution in [-0.2, 0) is 0 Å². The molecule has 0 aliphatic rings. The van der Waals surface area contributed by atoms with Crippen molar-refractivity contribution in [1.82, 2.24) is 4.98 Å². The summed E-state index contributed by atoms with van der Waals surface area (Å²) >= 11 is 19.1. The van der Waals surface area contributed by atoms with Crippen LogP contribution < -0.4 is 5.32 Å². The van der Waals surface area contributed by atoms with Gasteiger partial charge in [-0.3, -0.25) is 10.1 Å². The van der Waals surface area contributed by atoms with E-state index in [0.717, 1.165) is 4.70 Å². The van der Waals surface area contributed by atoms with Crippen LogP contribution in [0.3, 0.4) is 0 Å². The summed E-state index contributed by atoms with van der Waals surface area (Å²) in [5.74, 6) is -0.257. The highest BCUT2D eigenvalue weighted by Gasteiger charge is 2.12. The molecular weight excluding hydrogens is 351 g/mol. The molecule has 0 atom stereocenters. The van der Waals surface area contributed by atoms with Crippen molar-refractivity contribution >= 4 is 67.4 Å². The smallest absolute Gasteiger partial charge is 0.257 e. The number of nitrogens with zero attached hydrogens (tertiary/aromatic N) is 1. The van der Waals surface area contributed by atoms with Crippen molar-refractivity contribution in [1.29, 1.82) is 0 Å². The van der Waals surface area contributed by atoms with Crippen LogP contribution in [0.2, 0.25) is 15.1 Å². The number of benzene rings is 2. The Morgan fingerprint density at radius 3 is 2.48 bits per heavy atom. The van der Waals surface area contributed by atoms with Crippen molar-refractivity contribution in [2.45, 2.75) is 0 Å². The second-order valence-corrected chi connectivity index (χ2v) is 6.53. The number of thiazole rings is 1. The molecule has 3 rings (SSSR count). The van der Waals surface area contributed by atoms with Gasteiger partial charge in [0.05, 0.1) is 9.72 Å². The number of anilines is 1. The van der Waals surface area contributed by atoms with Crippen molar-refractivity contribution in [3.8, 4) is 0 Å². The number of amides is 1. The van der Waals surface area contributed by atoms with Gasteiger partial charge in [0.15, 0.2) is 5.13 Å². The Kier molecular flexibility index (Phi) is 4.04. The van der Waals surface area contributed by atoms with E-state index in [4.69, 9.17) is 34.8 Å². The normalized spacial score (nSPS) is 10.8. The maximum absolute atomic E-state index is 12.1. The van der Waals surface area contributed by atoms with Crippen LogP contribution in [0.4, 0.5) is 5.13 Å². The molecule has 0 unspecified atom stereocenters. The maximum Gasteiger partial charge on any atom is 0.257 e. The third-order valence-electron chi connectivity index (χ3n) is 2.74. The molecule has 0 radical (unpaired) electrons. The Hall–Kier alpha value is -1.33. The zero-order chi connectivity index (χ0) is 15.0. The fourth-order valence-electron chi connectivity index (χ4n) is 1.78. The van der Waals surface area contributed by atoms with Crippen molar-refractivity contribution in [3.63, 3.8) is 0 Å². The molecule has 21 heavy (non-hydrogen) atoms. The second kappa shape index (κ2) is 5.81. The maximum atomic E-state index is 12.1. The van der Waals surface area contributed by atoms with Gasteiger partial charge >= 0.3 is 0 Å². The van der Waals surface area contributed by atoms with E-state index in [2.05, 4.69) is 10.3 Å². The second-order valence-electron chi connectivity index (χ2n) is 4.21. The molecule has 0 spiro atoms. The molecule has 0 saturated heterocycles. The summed E-state index contributed by atoms with van der Waals surface area (Å²) in [4.78, 5) is 16.4. The lowest BCUT2D eigenvalue weighted by Crippen LogP contribution is -2.11. The molecule has 1 heterocycles. The van der Waals surface area contributed by atoms with E-state index in [1.54, 1.807) is 36.4 Å². The van der Waals surface area contributed by atoms with Gasteiger partial charge in [0.1, 0.15) is 5.52 Å². The number of carbonyl (C=O) groups excluding carboxylic acids is 1. The Bertz CT molecular complexity index is 830. The van der Waals surface area contributed by atoms with E-state index in [1.807, 2.05) is 0 Å². The van der Waals surface area contributed by atoms with Crippen LogP contribution in [0.1, 0.15) is 10.4 Å². The quantitative estimate of drug-likeness (QED) is 0.657. The first-order chi connectivity index (χ1) is 10.0. The molecule has 0 bridgehead atoms. The molecular formula is C14H7Cl3N2OS. The van der Waals surface area contributed by atoms with Gasteiger partial charge in [0.25, 0.3) is 5.91 Å². The first-order valence-electron chi connectivity index (χ1n) is 5.85. The van der Waals surface area contributed by atoms with E-state index < -0.39 is 0 Å². The number of halogens is 3. The van der Waals surface area contributed by atoms with Gasteiger partial charge in [-0.2, -0.15) is 0 Å². The minimum absolute atomic E-state index is 0.257. The average molecular weight is 358 g/mol. The monoisotopic (exact) mass is 356 g/mol. The lowest BCUT2D eigenvalue weighted by atomic mass is 10.2. The topological polar surface area (TPSA) is 42.0 Å². The van der Waals surface area contributed by atoms with Crippen LogP contribution in [0.5, 0.6) is 0 Å². The standard InChI is InChI=1S/C14H7Cl3N2OS/c15-8-3-1-7(2-4-8)13(20)19-14-18-12-10(17)5-9(16)6-11(12)21-14/h1-6H,(H,18,19,20). The summed E-state index contributed by atoms with van der Waals surface area (Å²) in [5.41, 5.74) is 1.13. The summed E-state index contributed by atoms with van der Waals surface area (Å²) < 4.78 is 0.818. The summed E-state index contributed by atoms with van der Waals surface area (Å²) in [5, 5.41) is 4.77. The van der Waals surface area contributed by atoms with E-state index >= 15 is 0 Å². The van der Waals surface area contributed by atoms with Gasteiger partial charge < -0.3 is 0 Å². The van der Waals surface area contributed by atoms with Gasteiger partial charge in [-0.05, 0) is 36.4 Å². The van der Waals surface area contributed by atoms with E-state index in [9.17, 15) is 4.79 Å². The Morgan fingerprint density at radius 1 is 1.05 bits per heavy atom. The van der Waals surface area contributed by atoms with Gasteiger partial charge in [-0.15, -0.1) is 0 Å². The van der Waals surface area contributed by atoms with Crippen LogP contribution >= 0.6 is 46.1 Å². The molecule has 7 heteroatoms. The Balaban J connectivity index is 1.89. The lowest BCUT2D eigenvalue weighted by molar-refractivity contribution is 0.102. The minimum Gasteiger partial charge on any atom is -0.298 e. The highest BCUT2D eigenvalue weighted by atomic mass is 35.5. The average Bonchev–Trinajstić information content (AvgIpc) is 2.82. The molecule has 3 nitrogen and oxygen atoms in total. The number of hydrogen-bond donors (Lipinski definition) is 1. The molecule has 0 fully saturated rings. The third-order valence-corrected chi connectivity index (χ3v) is 4.42. The first-order valence-corrected chi connectivity index (χ1v) is 7.80. The van der Waals surface area contributed by atoms with Gasteiger partial charge in [0.2, 0.25) is 0 Å². The van der Waals surface area contributed by atoms with E-state index in [1.165, 1.54) is 11.3 Å². The Labute approximate surface area is 139 Å². The molecule has 0 saturated carbocycles. The molecule has 1 aromatic heterocycles. The van der Waals surface area contributed by atoms with Crippen molar-refractivity contribution in [2.24, 2.45) is 0 Å². The fourth-order valence-corrected chi connectivity index (χ4v) is 3.49. The van der Waals surface area contributed by atoms with Crippen molar-refractivity contribution < 1.29 is 4.79 Å². The van der Waals surface area contributed by atoms with Crippen LogP contribution in [0.25, 0.3) is 10.2 Å². The number of carbonyl (C=O) groups is 1. The lowest BCUT2D eigenvalue weighted by Gasteiger charge is -2.01. The van der Waals surface area contributed by atoms with Crippen LogP contribution in [0.15, 0.2) is 36.4 Å². The molecule has 2 aromatic carbocycles. The highest BCUT2D eigenvalue weighted by molar-refractivity contribution is 7.22.